The van der Waals surface area contributed by atoms with E-state index < -0.39 is 11.9 Å². The number of benzene rings is 3. The molecule has 1 N–H and O–H groups in total. The van der Waals surface area contributed by atoms with E-state index >= 15 is 0 Å². The van der Waals surface area contributed by atoms with Gasteiger partial charge >= 0.3 is 11.9 Å². The number of carbonyl (C=O) groups is 2. The second kappa shape index (κ2) is 11.7. The van der Waals surface area contributed by atoms with Gasteiger partial charge in [-0.3, -0.25) is 0 Å². The highest BCUT2D eigenvalue weighted by atomic mass is 16.5. The van der Waals surface area contributed by atoms with Gasteiger partial charge in [-0.15, -0.1) is 0 Å². The minimum Gasteiger partial charge on any atom is -0.493 e. The van der Waals surface area contributed by atoms with Gasteiger partial charge in [-0.2, -0.15) is 0 Å². The van der Waals surface area contributed by atoms with Crippen molar-refractivity contribution in [1.29, 1.82) is 0 Å². The number of hydrogen-bond donors (Lipinski definition) is 1. The first-order valence-corrected chi connectivity index (χ1v) is 10.6. The van der Waals surface area contributed by atoms with Gasteiger partial charge in [0.25, 0.3) is 0 Å². The molecule has 0 fully saturated rings. The third-order valence-corrected chi connectivity index (χ3v) is 4.94. The zero-order chi connectivity index (χ0) is 23.6. The van der Waals surface area contributed by atoms with Gasteiger partial charge in [0.15, 0.2) is 0 Å². The fourth-order valence-electron chi connectivity index (χ4n) is 2.83. The maximum atomic E-state index is 12.4. The fraction of sp³-hybridized carbons (Fsp3) is 0.231. The Morgan fingerprint density at radius 2 is 1.21 bits per heavy atom. The van der Waals surface area contributed by atoms with Crippen LogP contribution in [0.3, 0.4) is 0 Å². The van der Waals surface area contributed by atoms with Crippen LogP contribution in [-0.2, 0) is 4.74 Å². The van der Waals surface area contributed by atoms with Crippen LogP contribution in [-0.4, -0.2) is 38.8 Å². The van der Waals surface area contributed by atoms with E-state index in [-0.39, 0.29) is 6.10 Å². The summed E-state index contributed by atoms with van der Waals surface area (Å²) in [4.78, 5) is 24.7. The predicted molar refractivity (Wildman–Crippen MR) is 125 cm³/mol. The molecule has 0 aliphatic heterocycles. The average molecular weight is 450 g/mol. The molecule has 172 valence electrons. The van der Waals surface area contributed by atoms with Crippen molar-refractivity contribution in [2.75, 3.05) is 26.1 Å². The van der Waals surface area contributed by atoms with E-state index in [9.17, 15) is 9.59 Å². The molecule has 3 rings (SSSR count). The highest BCUT2D eigenvalue weighted by Crippen LogP contribution is 2.20. The van der Waals surface area contributed by atoms with Crippen molar-refractivity contribution < 1.29 is 28.5 Å². The lowest BCUT2D eigenvalue weighted by atomic mass is 10.2. The molecule has 0 amide bonds. The predicted octanol–water partition coefficient (Wildman–Crippen LogP) is 4.97. The number of esters is 2. The summed E-state index contributed by atoms with van der Waals surface area (Å²) in [5.74, 6) is 0.423. The second-order valence-corrected chi connectivity index (χ2v) is 7.29. The molecule has 0 aliphatic carbocycles. The third-order valence-electron chi connectivity index (χ3n) is 4.94. The van der Waals surface area contributed by atoms with Crippen LogP contribution in [0.1, 0.15) is 34.1 Å². The molecule has 0 aromatic heterocycles. The number of ether oxygens (including phenoxy) is 4. The summed E-state index contributed by atoms with van der Waals surface area (Å²) < 4.78 is 21.6. The summed E-state index contributed by atoms with van der Waals surface area (Å²) in [6.45, 7) is 2.50. The molecule has 33 heavy (non-hydrogen) atoms. The molecular weight excluding hydrogens is 422 g/mol. The van der Waals surface area contributed by atoms with Crippen molar-refractivity contribution in [1.82, 2.24) is 0 Å². The normalized spacial score (nSPS) is 11.4. The highest BCUT2D eigenvalue weighted by molar-refractivity contribution is 5.92. The smallest absolute Gasteiger partial charge is 0.343 e. The maximum absolute atomic E-state index is 12.4. The van der Waals surface area contributed by atoms with Gasteiger partial charge in [0.2, 0.25) is 0 Å². The largest absolute Gasteiger partial charge is 0.493 e. The van der Waals surface area contributed by atoms with Crippen LogP contribution in [0.5, 0.6) is 17.2 Å². The van der Waals surface area contributed by atoms with E-state index in [4.69, 9.17) is 18.9 Å². The number of nitrogens with one attached hydrogen (secondary N) is 1. The first kappa shape index (κ1) is 23.8. The Morgan fingerprint density at radius 1 is 0.758 bits per heavy atom. The molecule has 0 saturated carbocycles. The third kappa shape index (κ3) is 7.08. The summed E-state index contributed by atoms with van der Waals surface area (Å²) in [6.07, 6.45) is 0.893. The van der Waals surface area contributed by atoms with Crippen LogP contribution in [0.15, 0.2) is 72.8 Å². The van der Waals surface area contributed by atoms with Gasteiger partial charge in [-0.25, -0.2) is 9.59 Å². The Bertz CT molecular complexity index is 1050. The van der Waals surface area contributed by atoms with Crippen LogP contribution in [0.4, 0.5) is 5.69 Å². The van der Waals surface area contributed by atoms with E-state index in [1.54, 1.807) is 67.8 Å². The molecule has 7 heteroatoms. The van der Waals surface area contributed by atoms with Crippen molar-refractivity contribution >= 4 is 17.6 Å². The van der Waals surface area contributed by atoms with Crippen molar-refractivity contribution in [3.63, 3.8) is 0 Å². The zero-order valence-corrected chi connectivity index (χ0v) is 18.9. The Balaban J connectivity index is 1.52. The van der Waals surface area contributed by atoms with Crippen LogP contribution in [0, 0.1) is 0 Å². The average Bonchev–Trinajstić information content (AvgIpc) is 2.85. The van der Waals surface area contributed by atoms with E-state index in [1.807, 2.05) is 26.1 Å². The molecule has 0 bridgehead atoms. The lowest BCUT2D eigenvalue weighted by Gasteiger charge is -2.11. The van der Waals surface area contributed by atoms with Gasteiger partial charge in [0, 0.05) is 26.3 Å². The van der Waals surface area contributed by atoms with Crippen molar-refractivity contribution in [3.05, 3.63) is 83.9 Å². The first-order chi connectivity index (χ1) is 16.0. The lowest BCUT2D eigenvalue weighted by molar-refractivity contribution is 0.0730. The number of methoxy groups -OCH3 is 1. The number of rotatable bonds is 10. The topological polar surface area (TPSA) is 83.1 Å². The lowest BCUT2D eigenvalue weighted by Crippen LogP contribution is -2.11. The zero-order valence-electron chi connectivity index (χ0n) is 18.9. The molecular formula is C26H27NO6. The Labute approximate surface area is 193 Å². The maximum Gasteiger partial charge on any atom is 0.343 e. The summed E-state index contributed by atoms with van der Waals surface area (Å²) in [7, 11) is 3.47. The fourth-order valence-corrected chi connectivity index (χ4v) is 2.83. The summed E-state index contributed by atoms with van der Waals surface area (Å²) >= 11 is 0. The van der Waals surface area contributed by atoms with Gasteiger partial charge in [0.05, 0.1) is 23.8 Å². The molecule has 1 unspecified atom stereocenters. The summed E-state index contributed by atoms with van der Waals surface area (Å²) in [5, 5.41) is 3.00. The van der Waals surface area contributed by atoms with Crippen molar-refractivity contribution in [2.45, 2.75) is 19.4 Å². The van der Waals surface area contributed by atoms with Crippen LogP contribution >= 0.6 is 0 Å². The highest BCUT2D eigenvalue weighted by Gasteiger charge is 2.12. The number of carbonyl (C=O) groups excluding carboxylic acids is 2. The molecule has 0 heterocycles. The van der Waals surface area contributed by atoms with Crippen LogP contribution < -0.4 is 19.5 Å². The SMILES string of the molecule is CNc1ccc(OC(=O)c2ccc(OC(=O)c3ccc(OCCC(C)OC)cc3)cc2)cc1. The van der Waals surface area contributed by atoms with Crippen LogP contribution in [0.2, 0.25) is 0 Å². The Kier molecular flexibility index (Phi) is 8.43. The standard InChI is InChI=1S/C26H27NO6/c1-18(30-3)16-17-31-22-10-4-19(5-11-22)25(28)32-23-12-6-20(7-13-23)26(29)33-24-14-8-21(27-2)9-15-24/h4-15,18,27H,16-17H2,1-3H3. The van der Waals surface area contributed by atoms with E-state index in [1.165, 1.54) is 0 Å². The molecule has 1 atom stereocenters. The van der Waals surface area contributed by atoms with Crippen molar-refractivity contribution in [2.24, 2.45) is 0 Å². The van der Waals surface area contributed by atoms with Gasteiger partial charge in [0.1, 0.15) is 17.2 Å². The molecule has 0 spiro atoms. The summed E-state index contributed by atoms with van der Waals surface area (Å²) in [5.41, 5.74) is 1.65. The molecule has 0 aliphatic rings. The molecule has 3 aromatic carbocycles. The number of anilines is 1. The van der Waals surface area contributed by atoms with E-state index in [0.717, 1.165) is 12.1 Å². The van der Waals surface area contributed by atoms with Gasteiger partial charge in [-0.1, -0.05) is 0 Å². The van der Waals surface area contributed by atoms with Crippen LogP contribution in [0.25, 0.3) is 0 Å². The van der Waals surface area contributed by atoms with Gasteiger partial charge < -0.3 is 24.3 Å². The molecule has 0 saturated heterocycles. The van der Waals surface area contributed by atoms with E-state index in [2.05, 4.69) is 5.32 Å². The Hall–Kier alpha value is -3.84. The molecule has 3 aromatic rings. The minimum atomic E-state index is -0.505. The van der Waals surface area contributed by atoms with Gasteiger partial charge in [-0.05, 0) is 79.7 Å². The molecule has 7 nitrogen and oxygen atoms in total. The van der Waals surface area contributed by atoms with Crippen molar-refractivity contribution in [3.8, 4) is 17.2 Å². The van der Waals surface area contributed by atoms with E-state index in [0.29, 0.717) is 35.0 Å². The minimum absolute atomic E-state index is 0.123. The Morgan fingerprint density at radius 3 is 1.67 bits per heavy atom. The monoisotopic (exact) mass is 449 g/mol. The first-order valence-electron chi connectivity index (χ1n) is 10.6. The quantitative estimate of drug-likeness (QED) is 0.346. The summed E-state index contributed by atoms with van der Waals surface area (Å²) in [6, 6.07) is 19.9. The number of hydrogen-bond acceptors (Lipinski definition) is 7. The second-order valence-electron chi connectivity index (χ2n) is 7.29. The molecule has 0 radical (unpaired) electrons.